The van der Waals surface area contributed by atoms with E-state index in [1.54, 1.807) is 50.0 Å². The molecule has 0 amide bonds. The van der Waals surface area contributed by atoms with Crippen LogP contribution in [-0.2, 0) is 35.8 Å². The molecule has 0 saturated heterocycles. The Kier molecular flexibility index (Phi) is 15.5. The van der Waals surface area contributed by atoms with Crippen molar-refractivity contribution >= 4 is 29.4 Å². The summed E-state index contributed by atoms with van der Waals surface area (Å²) in [6.07, 6.45) is 4.99. The summed E-state index contributed by atoms with van der Waals surface area (Å²) in [7, 11) is 1.58. The molecule has 0 fully saturated rings. The van der Waals surface area contributed by atoms with E-state index in [2.05, 4.69) is 21.6 Å². The second kappa shape index (κ2) is 17.6. The van der Waals surface area contributed by atoms with Crippen molar-refractivity contribution in [2.45, 2.75) is 52.2 Å². The van der Waals surface area contributed by atoms with Crippen molar-refractivity contribution in [3.05, 3.63) is 54.2 Å². The number of nitrogens with two attached hydrogens (primary N) is 1. The number of carboxylic acids is 2. The predicted octanol–water partition coefficient (Wildman–Crippen LogP) is 3.06. The van der Waals surface area contributed by atoms with E-state index in [9.17, 15) is 4.79 Å². The highest BCUT2D eigenvalue weighted by Gasteiger charge is 2.26. The highest BCUT2D eigenvalue weighted by atomic mass is 16.7. The molecule has 0 radical (unpaired) electrons. The van der Waals surface area contributed by atoms with Crippen LogP contribution in [0, 0.1) is 11.8 Å². The van der Waals surface area contributed by atoms with Crippen LogP contribution in [0.4, 0.5) is 10.6 Å². The predicted molar refractivity (Wildman–Crippen MR) is 140 cm³/mol. The molecular weight excluding hydrogens is 512 g/mol. The number of ether oxygens (including phenoxy) is 3. The fourth-order valence-electron chi connectivity index (χ4n) is 2.99. The summed E-state index contributed by atoms with van der Waals surface area (Å²) in [6.45, 7) is 9.34. The van der Waals surface area contributed by atoms with Gasteiger partial charge >= 0.3 is 6.16 Å². The molecule has 14 nitrogen and oxygen atoms in total. The zero-order valence-electron chi connectivity index (χ0n) is 22.5. The van der Waals surface area contributed by atoms with Crippen molar-refractivity contribution in [1.29, 1.82) is 5.26 Å². The lowest BCUT2D eigenvalue weighted by molar-refractivity contribution is -0.135. The first-order valence-electron chi connectivity index (χ1n) is 11.4. The summed E-state index contributed by atoms with van der Waals surface area (Å²) < 4.78 is 17.9. The van der Waals surface area contributed by atoms with Gasteiger partial charge in [0.1, 0.15) is 24.1 Å². The van der Waals surface area contributed by atoms with Crippen molar-refractivity contribution < 1.29 is 38.8 Å². The Balaban J connectivity index is 0.00000125. The van der Waals surface area contributed by atoms with Gasteiger partial charge in [-0.3, -0.25) is 14.6 Å². The number of methoxy groups -OCH3 is 1. The van der Waals surface area contributed by atoms with E-state index in [0.717, 1.165) is 30.6 Å². The van der Waals surface area contributed by atoms with E-state index in [-0.39, 0.29) is 12.7 Å². The minimum Gasteiger partial charge on any atom is -0.481 e. The number of anilines is 1. The van der Waals surface area contributed by atoms with E-state index < -0.39 is 23.7 Å². The highest BCUT2D eigenvalue weighted by Crippen LogP contribution is 2.24. The van der Waals surface area contributed by atoms with Crippen LogP contribution in [0.15, 0.2) is 43.0 Å². The molecule has 0 aliphatic rings. The number of carbonyl (C=O) groups excluding carboxylic acids is 1. The molecule has 1 unspecified atom stereocenters. The van der Waals surface area contributed by atoms with E-state index in [4.69, 9.17) is 45.0 Å². The summed E-state index contributed by atoms with van der Waals surface area (Å²) in [5.41, 5.74) is 7.58. The lowest BCUT2D eigenvalue weighted by atomic mass is 10.00. The Bertz CT molecular complexity index is 1180. The van der Waals surface area contributed by atoms with Gasteiger partial charge in [-0.1, -0.05) is 0 Å². The van der Waals surface area contributed by atoms with Crippen LogP contribution in [0.1, 0.15) is 45.4 Å². The molecular formula is C25H34N6O8. The summed E-state index contributed by atoms with van der Waals surface area (Å²) in [5.74, 6) is -1.24. The van der Waals surface area contributed by atoms with Gasteiger partial charge in [0.05, 0.1) is 6.10 Å². The van der Waals surface area contributed by atoms with Gasteiger partial charge in [0.25, 0.3) is 11.9 Å². The Hall–Kier alpha value is -4.77. The molecule has 0 spiro atoms. The van der Waals surface area contributed by atoms with Crippen LogP contribution in [0.2, 0.25) is 0 Å². The van der Waals surface area contributed by atoms with Gasteiger partial charge in [-0.15, -0.1) is 0 Å². The number of carboxylic acid groups (broad SMARTS) is 2. The molecule has 0 aromatic carbocycles. The largest absolute Gasteiger partial charge is 0.509 e. The third kappa shape index (κ3) is 13.4. The van der Waals surface area contributed by atoms with Crippen LogP contribution in [0.25, 0.3) is 5.52 Å². The molecule has 0 bridgehead atoms. The number of aliphatic carboxylic acids is 2. The maximum atomic E-state index is 12.1. The minimum atomic E-state index is -0.833. The SMILES string of the molecule is C#N.CC(=O)O.CC(=O)O.COC(CCc1ccc2c(N)ncnn12)COC(=O)OC(C)(C)c1ccncc1. The first-order valence-corrected chi connectivity index (χ1v) is 11.4. The van der Waals surface area contributed by atoms with Crippen molar-refractivity contribution in [1.82, 2.24) is 19.6 Å². The molecule has 3 rings (SSSR count). The van der Waals surface area contributed by atoms with Gasteiger partial charge in [0.15, 0.2) is 5.82 Å². The highest BCUT2D eigenvalue weighted by molar-refractivity contribution is 5.65. The fraction of sp³-hybridized carbons (Fsp3) is 0.400. The van der Waals surface area contributed by atoms with E-state index in [1.165, 1.54) is 6.33 Å². The number of aryl methyl sites for hydroxylation is 1. The number of fused-ring (bicyclic) bond motifs is 1. The van der Waals surface area contributed by atoms with Gasteiger partial charge in [0.2, 0.25) is 0 Å². The topological polar surface area (TPSA) is 212 Å². The van der Waals surface area contributed by atoms with Gasteiger partial charge in [-0.2, -0.15) is 5.10 Å². The van der Waals surface area contributed by atoms with Gasteiger partial charge in [0, 0.05) is 45.6 Å². The average Bonchev–Trinajstić information content (AvgIpc) is 3.29. The fourth-order valence-corrected chi connectivity index (χ4v) is 2.99. The lowest BCUT2D eigenvalue weighted by Gasteiger charge is -2.25. The molecule has 212 valence electrons. The van der Waals surface area contributed by atoms with Crippen molar-refractivity contribution in [2.24, 2.45) is 0 Å². The number of aromatic nitrogens is 4. The lowest BCUT2D eigenvalue weighted by Crippen LogP contribution is -2.28. The van der Waals surface area contributed by atoms with Gasteiger partial charge in [-0.05, 0) is 56.5 Å². The Morgan fingerprint density at radius 2 is 1.67 bits per heavy atom. The monoisotopic (exact) mass is 546 g/mol. The van der Waals surface area contributed by atoms with Crippen LogP contribution in [0.3, 0.4) is 0 Å². The summed E-state index contributed by atoms with van der Waals surface area (Å²) in [5, 5.41) is 25.6. The van der Waals surface area contributed by atoms with Gasteiger partial charge in [-0.25, -0.2) is 19.6 Å². The molecule has 3 heterocycles. The molecule has 3 aromatic rings. The Labute approximate surface area is 226 Å². The van der Waals surface area contributed by atoms with Gasteiger partial charge < -0.3 is 30.2 Å². The zero-order valence-corrected chi connectivity index (χ0v) is 22.5. The van der Waals surface area contributed by atoms with Crippen molar-refractivity contribution in [3.8, 4) is 6.57 Å². The van der Waals surface area contributed by atoms with Crippen molar-refractivity contribution in [3.63, 3.8) is 0 Å². The maximum Gasteiger partial charge on any atom is 0.509 e. The van der Waals surface area contributed by atoms with Crippen LogP contribution < -0.4 is 5.73 Å². The van der Waals surface area contributed by atoms with Crippen molar-refractivity contribution in [2.75, 3.05) is 19.5 Å². The van der Waals surface area contributed by atoms with Crippen LogP contribution in [-0.4, -0.2) is 67.7 Å². The number of nitriles is 1. The number of hydrogen-bond acceptors (Lipinski definition) is 11. The quantitative estimate of drug-likeness (QED) is 0.347. The number of nitrogen functional groups attached to an aromatic ring is 1. The molecule has 1 atom stereocenters. The normalized spacial score (nSPS) is 10.7. The third-order valence-corrected chi connectivity index (χ3v) is 4.72. The average molecular weight is 547 g/mol. The summed E-state index contributed by atoms with van der Waals surface area (Å²) in [4.78, 5) is 38.1. The summed E-state index contributed by atoms with van der Waals surface area (Å²) >= 11 is 0. The first-order chi connectivity index (χ1) is 18.4. The molecule has 0 aliphatic heterocycles. The summed E-state index contributed by atoms with van der Waals surface area (Å²) in [6, 6.07) is 7.41. The first kappa shape index (κ1) is 34.2. The Morgan fingerprint density at radius 1 is 1.10 bits per heavy atom. The van der Waals surface area contributed by atoms with E-state index >= 15 is 0 Å². The molecule has 0 saturated carbocycles. The smallest absolute Gasteiger partial charge is 0.481 e. The molecule has 4 N–H and O–H groups in total. The number of nitrogens with zero attached hydrogens (tertiary/aromatic N) is 5. The zero-order chi connectivity index (χ0) is 30.0. The minimum absolute atomic E-state index is 0.0855. The van der Waals surface area contributed by atoms with Crippen LogP contribution in [0.5, 0.6) is 0 Å². The number of hydrogen-bond donors (Lipinski definition) is 3. The van der Waals surface area contributed by atoms with E-state index in [0.29, 0.717) is 18.7 Å². The number of rotatable bonds is 8. The molecule has 3 aromatic heterocycles. The maximum absolute atomic E-state index is 12.1. The molecule has 0 aliphatic carbocycles. The standard InChI is InChI=1S/C20H25N5O4.2C2H4O2.CHN/c1-20(2,14-8-10-22-11-9-14)29-19(26)28-12-16(27-3)6-4-15-5-7-17-18(21)23-13-24-25(15)17;2*1-2(3)4;1-2/h5,7-11,13,16H,4,6,12H2,1-3H3,(H2,21,23,24);2*1H3,(H,3,4);1H. The van der Waals surface area contributed by atoms with E-state index in [1.807, 2.05) is 12.1 Å². The number of carbonyl (C=O) groups is 3. The van der Waals surface area contributed by atoms with Crippen LogP contribution >= 0.6 is 0 Å². The third-order valence-electron chi connectivity index (χ3n) is 4.72. The molecule has 14 heteroatoms. The number of pyridine rings is 1. The molecule has 39 heavy (non-hydrogen) atoms. The second-order valence-corrected chi connectivity index (χ2v) is 8.11. The second-order valence-electron chi connectivity index (χ2n) is 8.11. The Morgan fingerprint density at radius 3 is 2.21 bits per heavy atom.